The molecule has 0 aromatic carbocycles. The maximum atomic E-state index is 11.6. The van der Waals surface area contributed by atoms with Crippen molar-refractivity contribution < 1.29 is 16.8 Å². The van der Waals surface area contributed by atoms with E-state index in [4.69, 9.17) is 8.37 Å². The van der Waals surface area contributed by atoms with Gasteiger partial charge in [0.2, 0.25) is 0 Å². The Bertz CT molecular complexity index is 355. The summed E-state index contributed by atoms with van der Waals surface area (Å²) in [6.07, 6.45) is 18.9. The van der Waals surface area contributed by atoms with Crippen LogP contribution in [0.5, 0.6) is 0 Å². The third-order valence-electron chi connectivity index (χ3n) is 4.45. The summed E-state index contributed by atoms with van der Waals surface area (Å²) in [5.41, 5.74) is 0. The molecule has 0 aliphatic heterocycles. The Balaban J connectivity index is 3.33. The fourth-order valence-electron chi connectivity index (χ4n) is 2.83. The van der Waals surface area contributed by atoms with E-state index in [1.807, 2.05) is 0 Å². The average molecular weight is 379 g/mol. The minimum atomic E-state index is -3.79. The van der Waals surface area contributed by atoms with Gasteiger partial charge in [-0.25, -0.2) is 8.37 Å². The molecule has 25 heavy (non-hydrogen) atoms. The van der Waals surface area contributed by atoms with Crippen LogP contribution in [0.15, 0.2) is 0 Å². The molecule has 0 spiro atoms. The SMILES string of the molecule is CCCCCCCCCCCCOS(=O)(=O)OCCCCCCCC. The van der Waals surface area contributed by atoms with E-state index in [0.29, 0.717) is 0 Å². The van der Waals surface area contributed by atoms with Crippen molar-refractivity contribution in [1.82, 2.24) is 0 Å². The third-order valence-corrected chi connectivity index (χ3v) is 5.36. The van der Waals surface area contributed by atoms with Crippen molar-refractivity contribution in [1.29, 1.82) is 0 Å². The van der Waals surface area contributed by atoms with Gasteiger partial charge in [-0.2, -0.15) is 8.42 Å². The van der Waals surface area contributed by atoms with Crippen LogP contribution in [0, 0.1) is 0 Å². The maximum Gasteiger partial charge on any atom is 0.399 e. The van der Waals surface area contributed by atoms with E-state index in [9.17, 15) is 8.42 Å². The van der Waals surface area contributed by atoms with Crippen LogP contribution in [0.1, 0.15) is 117 Å². The molecule has 0 aliphatic carbocycles. The van der Waals surface area contributed by atoms with Gasteiger partial charge in [-0.3, -0.25) is 0 Å². The summed E-state index contributed by atoms with van der Waals surface area (Å²) in [6, 6.07) is 0. The highest BCUT2D eigenvalue weighted by Gasteiger charge is 2.10. The zero-order valence-electron chi connectivity index (χ0n) is 16.8. The molecule has 0 unspecified atom stereocenters. The molecule has 0 N–H and O–H groups in total. The van der Waals surface area contributed by atoms with Gasteiger partial charge in [-0.15, -0.1) is 0 Å². The fourth-order valence-corrected chi connectivity index (χ4v) is 3.54. The van der Waals surface area contributed by atoms with E-state index < -0.39 is 10.4 Å². The second-order valence-corrected chi connectivity index (χ2v) is 8.29. The lowest BCUT2D eigenvalue weighted by Gasteiger charge is -2.06. The molecule has 0 amide bonds. The zero-order chi connectivity index (χ0) is 18.6. The summed E-state index contributed by atoms with van der Waals surface area (Å²) in [4.78, 5) is 0. The summed E-state index contributed by atoms with van der Waals surface area (Å²) in [6.45, 7) is 4.91. The summed E-state index contributed by atoms with van der Waals surface area (Å²) in [5.74, 6) is 0. The molecule has 0 aromatic heterocycles. The summed E-state index contributed by atoms with van der Waals surface area (Å²) in [5, 5.41) is 0. The van der Waals surface area contributed by atoms with E-state index in [1.165, 1.54) is 64.2 Å². The van der Waals surface area contributed by atoms with Crippen LogP contribution in [-0.4, -0.2) is 21.6 Å². The van der Waals surface area contributed by atoms with Crippen LogP contribution in [0.4, 0.5) is 0 Å². The van der Waals surface area contributed by atoms with Crippen LogP contribution in [0.2, 0.25) is 0 Å². The first-order chi connectivity index (χ1) is 12.1. The van der Waals surface area contributed by atoms with Crippen LogP contribution in [0.3, 0.4) is 0 Å². The molecule has 0 saturated heterocycles. The Morgan fingerprint density at radius 3 is 1.08 bits per heavy atom. The lowest BCUT2D eigenvalue weighted by molar-refractivity contribution is 0.208. The van der Waals surface area contributed by atoms with Crippen molar-refractivity contribution in [3.8, 4) is 0 Å². The standard InChI is InChI=1S/C20H42O4S/c1-3-5-7-9-11-12-13-14-16-18-20-24-25(21,22)23-19-17-15-10-8-6-4-2/h3-20H2,1-2H3. The highest BCUT2D eigenvalue weighted by Crippen LogP contribution is 2.11. The molecule has 152 valence electrons. The molecule has 0 atom stereocenters. The molecule has 0 fully saturated rings. The van der Waals surface area contributed by atoms with E-state index in [2.05, 4.69) is 13.8 Å². The van der Waals surface area contributed by atoms with E-state index in [1.54, 1.807) is 0 Å². The van der Waals surface area contributed by atoms with Gasteiger partial charge in [-0.1, -0.05) is 104 Å². The van der Waals surface area contributed by atoms with Crippen molar-refractivity contribution in [3.05, 3.63) is 0 Å². The lowest BCUT2D eigenvalue weighted by Crippen LogP contribution is -2.12. The Morgan fingerprint density at radius 1 is 0.480 bits per heavy atom. The van der Waals surface area contributed by atoms with E-state index in [0.717, 1.165) is 38.5 Å². The molecule has 0 aliphatic rings. The van der Waals surface area contributed by atoms with E-state index in [-0.39, 0.29) is 13.2 Å². The molecular weight excluding hydrogens is 336 g/mol. The molecule has 4 nitrogen and oxygen atoms in total. The first kappa shape index (κ1) is 24.9. The van der Waals surface area contributed by atoms with Crippen molar-refractivity contribution in [2.45, 2.75) is 117 Å². The summed E-state index contributed by atoms with van der Waals surface area (Å²) >= 11 is 0. The minimum Gasteiger partial charge on any atom is -0.248 e. The highest BCUT2D eigenvalue weighted by molar-refractivity contribution is 7.81. The topological polar surface area (TPSA) is 52.6 Å². The van der Waals surface area contributed by atoms with E-state index >= 15 is 0 Å². The normalized spacial score (nSPS) is 11.9. The van der Waals surface area contributed by atoms with Crippen molar-refractivity contribution >= 4 is 10.4 Å². The fraction of sp³-hybridized carbons (Fsp3) is 1.00. The molecule has 0 radical (unpaired) electrons. The van der Waals surface area contributed by atoms with Crippen LogP contribution in [0.25, 0.3) is 0 Å². The minimum absolute atomic E-state index is 0.243. The first-order valence-corrected chi connectivity index (χ1v) is 12.0. The molecule has 0 heterocycles. The number of hydrogen-bond acceptors (Lipinski definition) is 4. The summed E-state index contributed by atoms with van der Waals surface area (Å²) < 4.78 is 32.9. The van der Waals surface area contributed by atoms with Crippen molar-refractivity contribution in [3.63, 3.8) is 0 Å². The average Bonchev–Trinajstić information content (AvgIpc) is 2.59. The molecule has 0 aromatic rings. The van der Waals surface area contributed by atoms with Crippen LogP contribution < -0.4 is 0 Å². The predicted molar refractivity (Wildman–Crippen MR) is 106 cm³/mol. The van der Waals surface area contributed by atoms with Crippen molar-refractivity contribution in [2.24, 2.45) is 0 Å². The van der Waals surface area contributed by atoms with Gasteiger partial charge in [-0.05, 0) is 12.8 Å². The Morgan fingerprint density at radius 2 is 0.760 bits per heavy atom. The molecule has 0 saturated carbocycles. The zero-order valence-corrected chi connectivity index (χ0v) is 17.6. The van der Waals surface area contributed by atoms with Gasteiger partial charge in [0.15, 0.2) is 0 Å². The summed E-state index contributed by atoms with van der Waals surface area (Å²) in [7, 11) is -3.79. The largest absolute Gasteiger partial charge is 0.399 e. The lowest BCUT2D eigenvalue weighted by atomic mass is 10.1. The quantitative estimate of drug-likeness (QED) is 0.225. The Kier molecular flexibility index (Phi) is 18.6. The van der Waals surface area contributed by atoms with Crippen LogP contribution >= 0.6 is 0 Å². The highest BCUT2D eigenvalue weighted by atomic mass is 32.3. The Labute approximate surface area is 157 Å². The second kappa shape index (κ2) is 18.7. The van der Waals surface area contributed by atoms with Gasteiger partial charge >= 0.3 is 10.4 Å². The molecule has 5 heteroatoms. The molecular formula is C20H42O4S. The smallest absolute Gasteiger partial charge is 0.248 e. The number of hydrogen-bond donors (Lipinski definition) is 0. The van der Waals surface area contributed by atoms with Crippen molar-refractivity contribution in [2.75, 3.05) is 13.2 Å². The van der Waals surface area contributed by atoms with Gasteiger partial charge in [0.1, 0.15) is 0 Å². The predicted octanol–water partition coefficient (Wildman–Crippen LogP) is 6.55. The van der Waals surface area contributed by atoms with Gasteiger partial charge in [0, 0.05) is 0 Å². The maximum absolute atomic E-state index is 11.6. The van der Waals surface area contributed by atoms with Gasteiger partial charge in [0.05, 0.1) is 13.2 Å². The number of unbranched alkanes of at least 4 members (excludes halogenated alkanes) is 14. The van der Waals surface area contributed by atoms with Crippen LogP contribution in [-0.2, 0) is 18.8 Å². The monoisotopic (exact) mass is 378 g/mol. The van der Waals surface area contributed by atoms with Gasteiger partial charge in [0.25, 0.3) is 0 Å². The third kappa shape index (κ3) is 20.0. The van der Waals surface area contributed by atoms with Gasteiger partial charge < -0.3 is 0 Å². The molecule has 0 bridgehead atoms. The molecule has 0 rings (SSSR count). The first-order valence-electron chi connectivity index (χ1n) is 10.7. The number of rotatable bonds is 20. The Hall–Kier alpha value is -0.130. The second-order valence-electron chi connectivity index (χ2n) is 7.00.